The van der Waals surface area contributed by atoms with Gasteiger partial charge in [0.1, 0.15) is 29.4 Å². The fourth-order valence-corrected chi connectivity index (χ4v) is 3.20. The summed E-state index contributed by atoms with van der Waals surface area (Å²) in [5, 5.41) is 13.0. The van der Waals surface area contributed by atoms with E-state index in [0.717, 1.165) is 6.07 Å². The molecule has 4 rings (SSSR count). The second kappa shape index (κ2) is 5.96. The zero-order chi connectivity index (χ0) is 17.6. The molecule has 25 heavy (non-hydrogen) atoms. The summed E-state index contributed by atoms with van der Waals surface area (Å²) in [5.41, 5.74) is -0.746. The van der Waals surface area contributed by atoms with Crippen molar-refractivity contribution in [2.24, 2.45) is 0 Å². The number of fused-ring (bicyclic) bond motifs is 2. The molecule has 3 heterocycles. The summed E-state index contributed by atoms with van der Waals surface area (Å²) in [6.07, 6.45) is 1.17. The van der Waals surface area contributed by atoms with Gasteiger partial charge < -0.3 is 20.1 Å². The fraction of sp³-hybridized carbons (Fsp3) is 0.294. The number of amides is 1. The van der Waals surface area contributed by atoms with Gasteiger partial charge in [0.2, 0.25) is 0 Å². The van der Waals surface area contributed by atoms with Crippen molar-refractivity contribution in [2.75, 3.05) is 26.2 Å². The Balaban J connectivity index is 1.84. The largest absolute Gasteiger partial charge is 0.507 e. The summed E-state index contributed by atoms with van der Waals surface area (Å²) in [6.45, 7) is 1.81. The highest BCUT2D eigenvalue weighted by atomic mass is 19.1. The molecule has 0 saturated carbocycles. The number of hydrogen-bond donors (Lipinski definition) is 2. The van der Waals surface area contributed by atoms with E-state index in [-0.39, 0.29) is 41.1 Å². The minimum atomic E-state index is -0.959. The fourth-order valence-electron chi connectivity index (χ4n) is 3.20. The molecule has 0 aliphatic carbocycles. The first kappa shape index (κ1) is 15.8. The molecule has 8 heteroatoms. The molecule has 2 N–H and O–H groups in total. The van der Waals surface area contributed by atoms with Gasteiger partial charge in [-0.1, -0.05) is 6.07 Å². The zero-order valence-electron chi connectivity index (χ0n) is 13.1. The van der Waals surface area contributed by atoms with Crippen LogP contribution in [0.4, 0.5) is 8.78 Å². The van der Waals surface area contributed by atoms with Crippen molar-refractivity contribution >= 4 is 5.91 Å². The van der Waals surface area contributed by atoms with Gasteiger partial charge in [-0.15, -0.1) is 0 Å². The molecule has 0 bridgehead atoms. The Labute approximate surface area is 142 Å². The van der Waals surface area contributed by atoms with Gasteiger partial charge in [0.05, 0.1) is 11.6 Å². The van der Waals surface area contributed by atoms with Crippen LogP contribution in [0.15, 0.2) is 24.4 Å². The number of phenols is 1. The summed E-state index contributed by atoms with van der Waals surface area (Å²) in [7, 11) is 0. The summed E-state index contributed by atoms with van der Waals surface area (Å²) in [6, 6.07) is 3.43. The number of aromatic nitrogens is 1. The van der Waals surface area contributed by atoms with Crippen LogP contribution in [0.5, 0.6) is 11.5 Å². The van der Waals surface area contributed by atoms with Crippen LogP contribution in [0, 0.1) is 11.6 Å². The van der Waals surface area contributed by atoms with Crippen LogP contribution in [0.2, 0.25) is 0 Å². The van der Waals surface area contributed by atoms with Crippen molar-refractivity contribution < 1.29 is 23.4 Å². The normalized spacial score (nSPS) is 19.7. The molecule has 1 saturated heterocycles. The summed E-state index contributed by atoms with van der Waals surface area (Å²) in [4.78, 5) is 18.2. The Morgan fingerprint density at radius 3 is 3.00 bits per heavy atom. The third kappa shape index (κ3) is 2.49. The Hall–Kier alpha value is -2.74. The molecule has 1 aromatic carbocycles. The number of hydrogen-bond acceptors (Lipinski definition) is 5. The van der Waals surface area contributed by atoms with Crippen molar-refractivity contribution in [2.45, 2.75) is 6.04 Å². The molecule has 0 spiro atoms. The van der Waals surface area contributed by atoms with E-state index in [0.29, 0.717) is 19.6 Å². The molecule has 1 aromatic heterocycles. The van der Waals surface area contributed by atoms with Gasteiger partial charge in [0, 0.05) is 25.8 Å². The number of benzene rings is 1. The van der Waals surface area contributed by atoms with Crippen molar-refractivity contribution in [1.82, 2.24) is 15.2 Å². The Kier molecular flexibility index (Phi) is 3.76. The van der Waals surface area contributed by atoms with Gasteiger partial charge in [-0.05, 0) is 12.1 Å². The predicted molar refractivity (Wildman–Crippen MR) is 84.4 cm³/mol. The molecule has 0 radical (unpaired) electrons. The first-order valence-corrected chi connectivity index (χ1v) is 7.88. The highest BCUT2D eigenvalue weighted by Crippen LogP contribution is 2.37. The molecule has 1 fully saturated rings. The van der Waals surface area contributed by atoms with Gasteiger partial charge in [-0.3, -0.25) is 9.78 Å². The lowest BCUT2D eigenvalue weighted by atomic mass is 10.1. The van der Waals surface area contributed by atoms with Crippen molar-refractivity contribution in [3.8, 4) is 22.8 Å². The summed E-state index contributed by atoms with van der Waals surface area (Å²) in [5.74, 6) is -2.83. The van der Waals surface area contributed by atoms with Crippen LogP contribution >= 0.6 is 0 Å². The maximum atomic E-state index is 15.0. The lowest BCUT2D eigenvalue weighted by Crippen LogP contribution is -2.54. The number of carbonyl (C=O) groups is 1. The van der Waals surface area contributed by atoms with Gasteiger partial charge in [0.25, 0.3) is 5.91 Å². The quantitative estimate of drug-likeness (QED) is 0.819. The number of ether oxygens (including phenoxy) is 1. The number of halogens is 2. The van der Waals surface area contributed by atoms with Gasteiger partial charge >= 0.3 is 0 Å². The highest BCUT2D eigenvalue weighted by Gasteiger charge is 2.35. The van der Waals surface area contributed by atoms with Crippen molar-refractivity contribution in [3.63, 3.8) is 0 Å². The zero-order valence-corrected chi connectivity index (χ0v) is 13.1. The van der Waals surface area contributed by atoms with Crippen LogP contribution in [0.3, 0.4) is 0 Å². The number of phenolic OH excluding ortho intramolecular Hbond substituents is 1. The topological polar surface area (TPSA) is 74.7 Å². The lowest BCUT2D eigenvalue weighted by molar-refractivity contribution is 0.0605. The van der Waals surface area contributed by atoms with Gasteiger partial charge in [0.15, 0.2) is 11.6 Å². The number of rotatable bonds is 1. The van der Waals surface area contributed by atoms with Crippen molar-refractivity contribution in [1.29, 1.82) is 0 Å². The molecule has 130 valence electrons. The number of nitrogens with one attached hydrogen (secondary N) is 1. The molecular formula is C17H15F2N3O3. The Bertz CT molecular complexity index is 839. The van der Waals surface area contributed by atoms with E-state index >= 15 is 0 Å². The number of carbonyl (C=O) groups excluding carboxylic acids is 1. The van der Waals surface area contributed by atoms with E-state index in [1.807, 2.05) is 0 Å². The molecule has 2 aliphatic heterocycles. The molecule has 2 aliphatic rings. The van der Waals surface area contributed by atoms with E-state index in [2.05, 4.69) is 10.3 Å². The van der Waals surface area contributed by atoms with Crippen LogP contribution in [0.1, 0.15) is 10.4 Å². The molecule has 2 aromatic rings. The third-order valence-electron chi connectivity index (χ3n) is 4.46. The van der Waals surface area contributed by atoms with Crippen molar-refractivity contribution in [3.05, 3.63) is 41.6 Å². The monoisotopic (exact) mass is 347 g/mol. The summed E-state index contributed by atoms with van der Waals surface area (Å²) >= 11 is 0. The second-order valence-electron chi connectivity index (χ2n) is 5.97. The average molecular weight is 347 g/mol. The first-order valence-electron chi connectivity index (χ1n) is 7.88. The number of piperazine rings is 1. The highest BCUT2D eigenvalue weighted by molar-refractivity contribution is 5.98. The third-order valence-corrected chi connectivity index (χ3v) is 4.46. The van der Waals surface area contributed by atoms with E-state index in [1.54, 1.807) is 4.90 Å². The van der Waals surface area contributed by atoms with E-state index in [4.69, 9.17) is 4.74 Å². The van der Waals surface area contributed by atoms with Crippen LogP contribution in [0.25, 0.3) is 11.3 Å². The molecular weight excluding hydrogens is 332 g/mol. The van der Waals surface area contributed by atoms with Gasteiger partial charge in [-0.2, -0.15) is 0 Å². The van der Waals surface area contributed by atoms with E-state index < -0.39 is 17.4 Å². The molecule has 1 unspecified atom stereocenters. The van der Waals surface area contributed by atoms with E-state index in [9.17, 15) is 18.7 Å². The predicted octanol–water partition coefficient (Wildman–Crippen LogP) is 1.54. The average Bonchev–Trinajstić information content (AvgIpc) is 2.75. The lowest BCUT2D eigenvalue weighted by Gasteiger charge is -2.33. The minimum Gasteiger partial charge on any atom is -0.507 e. The van der Waals surface area contributed by atoms with Crippen LogP contribution < -0.4 is 10.1 Å². The molecule has 1 amide bonds. The van der Waals surface area contributed by atoms with E-state index in [1.165, 1.54) is 18.3 Å². The maximum Gasteiger partial charge on any atom is 0.259 e. The Morgan fingerprint density at radius 2 is 2.20 bits per heavy atom. The maximum absolute atomic E-state index is 15.0. The number of pyridine rings is 1. The molecule has 1 atom stereocenters. The standard InChI is InChI=1S/C17H15F2N3O3/c18-11-2-1-3-12(23)13(11)15-14(19)16-10(7-21-15)17(24)22-5-4-20-6-9(22)8-25-16/h1-3,7,9,20,23H,4-6,8H2. The van der Waals surface area contributed by atoms with Crippen LogP contribution in [-0.2, 0) is 0 Å². The summed E-state index contributed by atoms with van der Waals surface area (Å²) < 4.78 is 34.6. The Morgan fingerprint density at radius 1 is 1.36 bits per heavy atom. The van der Waals surface area contributed by atoms with Gasteiger partial charge in [-0.25, -0.2) is 8.78 Å². The van der Waals surface area contributed by atoms with Crippen LogP contribution in [-0.4, -0.2) is 53.2 Å². The number of nitrogens with zero attached hydrogens (tertiary/aromatic N) is 2. The minimum absolute atomic E-state index is 0.00137. The number of aromatic hydroxyl groups is 1. The SMILES string of the molecule is O=C1c2cnc(-c3c(O)cccc3F)c(F)c2OCC2CNCCN12. The first-order chi connectivity index (χ1) is 12.1. The molecule has 6 nitrogen and oxygen atoms in total. The smallest absolute Gasteiger partial charge is 0.259 e. The second-order valence-corrected chi connectivity index (χ2v) is 5.97.